The summed E-state index contributed by atoms with van der Waals surface area (Å²) in [4.78, 5) is 27.4. The van der Waals surface area contributed by atoms with Gasteiger partial charge in [-0.1, -0.05) is 30.3 Å². The summed E-state index contributed by atoms with van der Waals surface area (Å²) in [6.45, 7) is 7.51. The molecule has 1 aliphatic rings. The van der Waals surface area contributed by atoms with Crippen LogP contribution in [0.25, 0.3) is 0 Å². The van der Waals surface area contributed by atoms with Crippen molar-refractivity contribution in [2.75, 3.05) is 13.1 Å². The minimum absolute atomic E-state index is 0.00997. The Hall–Kier alpha value is -2.36. The van der Waals surface area contributed by atoms with E-state index < -0.39 is 0 Å². The Kier molecular flexibility index (Phi) is 4.56. The minimum atomic E-state index is -0.277. The summed E-state index contributed by atoms with van der Waals surface area (Å²) in [6, 6.07) is 10.9. The highest BCUT2D eigenvalue weighted by molar-refractivity contribution is 6.10. The van der Waals surface area contributed by atoms with Crippen molar-refractivity contribution >= 4 is 11.7 Å². The van der Waals surface area contributed by atoms with Crippen LogP contribution in [0.2, 0.25) is 0 Å². The normalized spacial score (nSPS) is 15.5. The quantitative estimate of drug-likeness (QED) is 0.808. The van der Waals surface area contributed by atoms with E-state index in [2.05, 4.69) is 0 Å². The summed E-state index contributed by atoms with van der Waals surface area (Å²) < 4.78 is 2.00. The van der Waals surface area contributed by atoms with Gasteiger partial charge in [-0.3, -0.25) is 9.59 Å². The van der Waals surface area contributed by atoms with Gasteiger partial charge in [0.05, 0.1) is 0 Å². The highest BCUT2D eigenvalue weighted by Gasteiger charge is 2.27. The number of rotatable bonds is 4. The standard InChI is InChI=1S/C20H24N2O2/c1-14-13-18(19(23)17-9-5-4-6-10-17)15(2)22(14)16(3)20(24)21-11-7-8-12-21/h4-6,9-10,13,16H,7-8,11-12H2,1-3H3. The fraction of sp³-hybridized carbons (Fsp3) is 0.400. The first-order valence-corrected chi connectivity index (χ1v) is 8.57. The summed E-state index contributed by atoms with van der Waals surface area (Å²) in [7, 11) is 0. The van der Waals surface area contributed by atoms with Gasteiger partial charge in [0.2, 0.25) is 5.91 Å². The maximum absolute atomic E-state index is 12.8. The summed E-state index contributed by atoms with van der Waals surface area (Å²) in [5.74, 6) is 0.156. The fourth-order valence-corrected chi connectivity index (χ4v) is 3.66. The predicted molar refractivity (Wildman–Crippen MR) is 94.3 cm³/mol. The molecule has 0 spiro atoms. The van der Waals surface area contributed by atoms with Gasteiger partial charge in [-0.25, -0.2) is 0 Å². The average Bonchev–Trinajstić information content (AvgIpc) is 3.22. The Morgan fingerprint density at radius 3 is 2.29 bits per heavy atom. The van der Waals surface area contributed by atoms with E-state index in [0.717, 1.165) is 37.3 Å². The number of hydrogen-bond donors (Lipinski definition) is 0. The monoisotopic (exact) mass is 324 g/mol. The molecule has 1 amide bonds. The largest absolute Gasteiger partial charge is 0.341 e. The molecule has 1 saturated heterocycles. The first-order valence-electron chi connectivity index (χ1n) is 8.57. The van der Waals surface area contributed by atoms with E-state index in [9.17, 15) is 9.59 Å². The molecule has 1 aromatic carbocycles. The van der Waals surface area contributed by atoms with Crippen LogP contribution in [0.1, 0.15) is 53.1 Å². The summed E-state index contributed by atoms with van der Waals surface area (Å²) in [5, 5.41) is 0. The van der Waals surface area contributed by atoms with E-state index in [0.29, 0.717) is 11.1 Å². The van der Waals surface area contributed by atoms with Crippen LogP contribution in [0.4, 0.5) is 0 Å². The number of hydrogen-bond acceptors (Lipinski definition) is 2. The Morgan fingerprint density at radius 2 is 1.67 bits per heavy atom. The third kappa shape index (κ3) is 2.88. The summed E-state index contributed by atoms with van der Waals surface area (Å²) >= 11 is 0. The zero-order valence-corrected chi connectivity index (χ0v) is 14.6. The lowest BCUT2D eigenvalue weighted by Crippen LogP contribution is -2.34. The van der Waals surface area contributed by atoms with Crippen molar-refractivity contribution < 1.29 is 9.59 Å². The van der Waals surface area contributed by atoms with Gasteiger partial charge in [0.25, 0.3) is 0 Å². The van der Waals surface area contributed by atoms with E-state index >= 15 is 0 Å². The molecule has 1 atom stereocenters. The Morgan fingerprint density at radius 1 is 1.04 bits per heavy atom. The van der Waals surface area contributed by atoms with Crippen molar-refractivity contribution in [3.63, 3.8) is 0 Å². The lowest BCUT2D eigenvalue weighted by atomic mass is 10.0. The molecule has 0 saturated carbocycles. The second kappa shape index (κ2) is 6.63. The first kappa shape index (κ1) is 16.5. The maximum Gasteiger partial charge on any atom is 0.245 e. The molecular weight excluding hydrogens is 300 g/mol. The van der Waals surface area contributed by atoms with Crippen molar-refractivity contribution in [2.24, 2.45) is 0 Å². The molecule has 1 aromatic heterocycles. The van der Waals surface area contributed by atoms with Crippen molar-refractivity contribution in [3.8, 4) is 0 Å². The van der Waals surface area contributed by atoms with Crippen LogP contribution in [-0.4, -0.2) is 34.2 Å². The number of carbonyl (C=O) groups excluding carboxylic acids is 2. The molecule has 2 heterocycles. The van der Waals surface area contributed by atoms with E-state index in [-0.39, 0.29) is 17.7 Å². The number of aromatic nitrogens is 1. The molecule has 3 rings (SSSR count). The molecule has 1 unspecified atom stereocenters. The number of ketones is 1. The van der Waals surface area contributed by atoms with Crippen LogP contribution in [0.3, 0.4) is 0 Å². The van der Waals surface area contributed by atoms with Gasteiger partial charge in [-0.15, -0.1) is 0 Å². The molecule has 2 aromatic rings. The number of benzene rings is 1. The first-order chi connectivity index (χ1) is 11.5. The highest BCUT2D eigenvalue weighted by atomic mass is 16.2. The second-order valence-electron chi connectivity index (χ2n) is 6.56. The Balaban J connectivity index is 1.92. The van der Waals surface area contributed by atoms with E-state index in [1.807, 2.05) is 66.6 Å². The highest BCUT2D eigenvalue weighted by Crippen LogP contribution is 2.25. The van der Waals surface area contributed by atoms with Crippen LogP contribution in [-0.2, 0) is 4.79 Å². The molecular formula is C20H24N2O2. The Bertz CT molecular complexity index is 755. The number of amides is 1. The molecule has 0 N–H and O–H groups in total. The van der Waals surface area contributed by atoms with Crippen LogP contribution >= 0.6 is 0 Å². The van der Waals surface area contributed by atoms with Gasteiger partial charge >= 0.3 is 0 Å². The van der Waals surface area contributed by atoms with Crippen molar-refractivity contribution in [1.29, 1.82) is 0 Å². The van der Waals surface area contributed by atoms with Crippen molar-refractivity contribution in [1.82, 2.24) is 9.47 Å². The van der Waals surface area contributed by atoms with Gasteiger partial charge < -0.3 is 9.47 Å². The molecule has 0 aliphatic carbocycles. The SMILES string of the molecule is Cc1cc(C(=O)c2ccccc2)c(C)n1C(C)C(=O)N1CCCC1. The van der Waals surface area contributed by atoms with Crippen LogP contribution in [0.5, 0.6) is 0 Å². The number of aryl methyl sites for hydroxylation is 1. The van der Waals surface area contributed by atoms with Crippen LogP contribution in [0.15, 0.2) is 36.4 Å². The van der Waals surface area contributed by atoms with Crippen molar-refractivity contribution in [3.05, 3.63) is 58.9 Å². The molecule has 1 aliphatic heterocycles. The van der Waals surface area contributed by atoms with Gasteiger partial charge in [-0.05, 0) is 39.7 Å². The smallest absolute Gasteiger partial charge is 0.245 e. The van der Waals surface area contributed by atoms with E-state index in [4.69, 9.17) is 0 Å². The van der Waals surface area contributed by atoms with Crippen LogP contribution in [0, 0.1) is 13.8 Å². The van der Waals surface area contributed by atoms with E-state index in [1.165, 1.54) is 0 Å². The van der Waals surface area contributed by atoms with Crippen molar-refractivity contribution in [2.45, 2.75) is 39.7 Å². The number of likely N-dealkylation sites (tertiary alicyclic amines) is 1. The number of nitrogens with zero attached hydrogens (tertiary/aromatic N) is 2. The zero-order valence-electron chi connectivity index (χ0n) is 14.6. The average molecular weight is 324 g/mol. The molecule has 4 nitrogen and oxygen atoms in total. The second-order valence-corrected chi connectivity index (χ2v) is 6.56. The van der Waals surface area contributed by atoms with Gasteiger partial charge in [-0.2, -0.15) is 0 Å². The number of carbonyl (C=O) groups is 2. The molecule has 1 fully saturated rings. The summed E-state index contributed by atoms with van der Waals surface area (Å²) in [6.07, 6.45) is 2.17. The van der Waals surface area contributed by atoms with Gasteiger partial charge in [0, 0.05) is 35.6 Å². The van der Waals surface area contributed by atoms with Gasteiger partial charge in [0.15, 0.2) is 5.78 Å². The topological polar surface area (TPSA) is 42.3 Å². The Labute approximate surface area is 143 Å². The fourth-order valence-electron chi connectivity index (χ4n) is 3.66. The van der Waals surface area contributed by atoms with E-state index in [1.54, 1.807) is 0 Å². The third-order valence-electron chi connectivity index (χ3n) is 4.93. The lowest BCUT2D eigenvalue weighted by Gasteiger charge is -2.24. The predicted octanol–water partition coefficient (Wildman–Crippen LogP) is 3.52. The molecule has 0 bridgehead atoms. The molecule has 4 heteroatoms. The third-order valence-corrected chi connectivity index (χ3v) is 4.93. The maximum atomic E-state index is 12.8. The molecule has 0 radical (unpaired) electrons. The molecule has 24 heavy (non-hydrogen) atoms. The lowest BCUT2D eigenvalue weighted by molar-refractivity contribution is -0.133. The molecule has 126 valence electrons. The minimum Gasteiger partial charge on any atom is -0.341 e. The van der Waals surface area contributed by atoms with Gasteiger partial charge in [0.1, 0.15) is 6.04 Å². The zero-order chi connectivity index (χ0) is 17.3. The summed E-state index contributed by atoms with van der Waals surface area (Å²) in [5.41, 5.74) is 3.17. The van der Waals surface area contributed by atoms with Crippen LogP contribution < -0.4 is 0 Å².